The Hall–Kier alpha value is -2.84. The highest BCUT2D eigenvalue weighted by Gasteiger charge is 2.28. The van der Waals surface area contributed by atoms with E-state index in [2.05, 4.69) is 129 Å². The molecule has 8 nitrogen and oxygen atoms in total. The summed E-state index contributed by atoms with van der Waals surface area (Å²) in [5.41, 5.74) is 0. The molecule has 0 saturated heterocycles. The monoisotopic (exact) mass is 1140 g/mol. The van der Waals surface area contributed by atoms with Gasteiger partial charge in [-0.05, 0) is 83.5 Å². The molecule has 0 aromatic heterocycles. The van der Waals surface area contributed by atoms with E-state index in [1.807, 2.05) is 21.1 Å². The van der Waals surface area contributed by atoms with Gasteiger partial charge in [0, 0.05) is 6.42 Å². The number of likely N-dealkylation sites (N-methyl/N-ethyl adjacent to an activating group) is 1. The number of unbranched alkanes of at least 4 members (excludes halogenated alkanes) is 29. The van der Waals surface area contributed by atoms with Crippen molar-refractivity contribution in [2.75, 3.05) is 40.9 Å². The summed E-state index contributed by atoms with van der Waals surface area (Å²) >= 11 is 0. The number of nitrogens with one attached hydrogen (secondary N) is 1. The predicted octanol–water partition coefficient (Wildman–Crippen LogP) is 21.1. The molecular weight excluding hydrogens is 1010 g/mol. The van der Waals surface area contributed by atoms with Gasteiger partial charge in [-0.1, -0.05) is 303 Å². The number of phosphoric acid groups is 1. The first kappa shape index (κ1) is 77.2. The molecule has 0 spiro atoms. The molecule has 0 fully saturated rings. The molecule has 462 valence electrons. The van der Waals surface area contributed by atoms with Crippen LogP contribution in [0, 0.1) is 0 Å². The Labute approximate surface area is 495 Å². The Morgan fingerprint density at radius 2 is 0.750 bits per heavy atom. The third-order valence-corrected chi connectivity index (χ3v) is 15.5. The summed E-state index contributed by atoms with van der Waals surface area (Å²) in [6.45, 7) is 4.78. The fraction of sp³-hybridized carbons (Fsp3) is 0.732. The number of amides is 1. The number of nitrogens with zero attached hydrogens (tertiary/aromatic N) is 1. The molecule has 0 aromatic carbocycles. The molecule has 3 atom stereocenters. The molecule has 0 saturated carbocycles. The quantitative estimate of drug-likeness (QED) is 0.0243. The molecule has 9 heteroatoms. The number of aliphatic hydroxyl groups excluding tert-OH is 1. The van der Waals surface area contributed by atoms with Crippen LogP contribution in [0.4, 0.5) is 0 Å². The second-order valence-corrected chi connectivity index (χ2v) is 24.9. The molecule has 0 radical (unpaired) electrons. The Morgan fingerprint density at radius 1 is 0.438 bits per heavy atom. The normalized spacial score (nSPS) is 14.4. The lowest BCUT2D eigenvalue weighted by Crippen LogP contribution is -2.46. The van der Waals surface area contributed by atoms with E-state index in [0.717, 1.165) is 116 Å². The molecule has 0 heterocycles. The van der Waals surface area contributed by atoms with Gasteiger partial charge in [0.15, 0.2) is 0 Å². The molecule has 0 aliphatic carbocycles. The molecule has 0 aliphatic heterocycles. The van der Waals surface area contributed by atoms with Crippen LogP contribution in [0.15, 0.2) is 109 Å². The number of phosphoric ester groups is 1. The van der Waals surface area contributed by atoms with Gasteiger partial charge in [0.1, 0.15) is 13.2 Å². The molecule has 0 rings (SSSR count). The summed E-state index contributed by atoms with van der Waals surface area (Å²) in [7, 11) is 1.59. The molecule has 0 aliphatic rings. The second-order valence-electron chi connectivity index (χ2n) is 23.5. The van der Waals surface area contributed by atoms with Gasteiger partial charge in [0.05, 0.1) is 39.9 Å². The highest BCUT2D eigenvalue weighted by molar-refractivity contribution is 7.47. The second kappa shape index (κ2) is 60.7. The number of quaternary nitrogens is 1. The van der Waals surface area contributed by atoms with Crippen molar-refractivity contribution in [1.29, 1.82) is 0 Å². The standard InChI is InChI=1S/C71H127N2O6P/c1-6-8-10-12-14-16-18-20-22-24-26-28-30-32-33-34-35-36-37-38-39-41-43-45-47-49-51-53-55-57-59-61-63-65-71(75)72-69(68-79-80(76,77)78-67-66-73(3,4)5)70(74)64-62-60-58-56-54-52-50-48-46-44-42-40-31-29-27-25-23-21-19-17-15-13-11-9-7-2/h8,10,14,16,20,22,26,28,32-33,35-36,38-39,43,45,49,51,69-70,74H,6-7,9,11-13,15,17-19,21,23-25,27,29-31,34,37,40-42,44,46-48,50,52-68H2,1-5H3,(H-,72,75,76,77)/p+1/b10-8-,16-14-,22-20-,28-26-,33-32-,36-35-,39-38-,45-43-,51-49-. The Morgan fingerprint density at radius 3 is 1.10 bits per heavy atom. The molecule has 3 unspecified atom stereocenters. The Balaban J connectivity index is 4.18. The number of aliphatic hydroxyl groups is 1. The van der Waals surface area contributed by atoms with E-state index >= 15 is 0 Å². The Bertz CT molecular complexity index is 1670. The maximum Gasteiger partial charge on any atom is 0.472 e. The first-order valence-corrected chi connectivity index (χ1v) is 34.7. The minimum Gasteiger partial charge on any atom is -0.391 e. The van der Waals surface area contributed by atoms with Gasteiger partial charge < -0.3 is 19.8 Å². The topological polar surface area (TPSA) is 105 Å². The summed E-state index contributed by atoms with van der Waals surface area (Å²) in [6, 6.07) is -0.781. The van der Waals surface area contributed by atoms with E-state index in [4.69, 9.17) is 9.05 Å². The Kier molecular flexibility index (Phi) is 58.6. The number of carbonyl (C=O) groups excluding carboxylic acids is 1. The predicted molar refractivity (Wildman–Crippen MR) is 350 cm³/mol. The van der Waals surface area contributed by atoms with E-state index in [1.165, 1.54) is 141 Å². The van der Waals surface area contributed by atoms with Crippen LogP contribution in [0.25, 0.3) is 0 Å². The van der Waals surface area contributed by atoms with Gasteiger partial charge >= 0.3 is 7.82 Å². The lowest BCUT2D eigenvalue weighted by molar-refractivity contribution is -0.870. The highest BCUT2D eigenvalue weighted by Crippen LogP contribution is 2.43. The molecule has 1 amide bonds. The van der Waals surface area contributed by atoms with Gasteiger partial charge in [0.25, 0.3) is 0 Å². The van der Waals surface area contributed by atoms with Crippen LogP contribution < -0.4 is 5.32 Å². The number of rotatable bonds is 60. The summed E-state index contributed by atoms with van der Waals surface area (Å²) in [5, 5.41) is 14.1. The van der Waals surface area contributed by atoms with Crippen LogP contribution in [0.3, 0.4) is 0 Å². The maximum atomic E-state index is 13.1. The van der Waals surface area contributed by atoms with E-state index < -0.39 is 20.0 Å². The fourth-order valence-electron chi connectivity index (χ4n) is 9.39. The molecule has 0 bridgehead atoms. The average Bonchev–Trinajstić information content (AvgIpc) is 3.42. The first-order valence-electron chi connectivity index (χ1n) is 33.3. The third kappa shape index (κ3) is 62.8. The van der Waals surface area contributed by atoms with Crippen molar-refractivity contribution >= 4 is 13.7 Å². The van der Waals surface area contributed by atoms with Crippen LogP contribution in [0.1, 0.15) is 284 Å². The van der Waals surface area contributed by atoms with E-state index in [0.29, 0.717) is 23.9 Å². The number of hydrogen-bond acceptors (Lipinski definition) is 5. The minimum atomic E-state index is -4.34. The van der Waals surface area contributed by atoms with Gasteiger partial charge in [-0.3, -0.25) is 13.8 Å². The van der Waals surface area contributed by atoms with Crippen LogP contribution in [0.5, 0.6) is 0 Å². The summed E-state index contributed by atoms with van der Waals surface area (Å²) < 4.78 is 23.9. The molecule has 3 N–H and O–H groups in total. The zero-order chi connectivity index (χ0) is 58.4. The fourth-order valence-corrected chi connectivity index (χ4v) is 10.1. The SMILES string of the molecule is CC/C=C\C/C=C\C/C=C\C/C=C\C/C=C\C/C=C\C/C=C\C/C=C\C/C=C\CCCCCCCC(=O)NC(COP(=O)(O)OCC[N+](C)(C)C)C(O)CCCCCCCCCCCCCCCCCCCCCCCCCCC. The van der Waals surface area contributed by atoms with Crippen molar-refractivity contribution in [1.82, 2.24) is 5.32 Å². The van der Waals surface area contributed by atoms with Crippen LogP contribution >= 0.6 is 7.82 Å². The van der Waals surface area contributed by atoms with E-state index in [9.17, 15) is 19.4 Å². The van der Waals surface area contributed by atoms with E-state index in [-0.39, 0.29) is 19.1 Å². The van der Waals surface area contributed by atoms with Crippen molar-refractivity contribution in [3.05, 3.63) is 109 Å². The molecular formula is C71H128N2O6P+. The average molecular weight is 1140 g/mol. The molecule has 80 heavy (non-hydrogen) atoms. The highest BCUT2D eigenvalue weighted by atomic mass is 31.2. The van der Waals surface area contributed by atoms with Crippen molar-refractivity contribution in [3.8, 4) is 0 Å². The zero-order valence-electron chi connectivity index (χ0n) is 52.8. The van der Waals surface area contributed by atoms with Crippen molar-refractivity contribution < 1.29 is 32.9 Å². The third-order valence-electron chi connectivity index (χ3n) is 14.5. The number of carbonyl (C=O) groups is 1. The number of hydrogen-bond donors (Lipinski definition) is 3. The van der Waals surface area contributed by atoms with Crippen molar-refractivity contribution in [2.24, 2.45) is 0 Å². The summed E-state index contributed by atoms with van der Waals surface area (Å²) in [6.07, 6.45) is 88.8. The smallest absolute Gasteiger partial charge is 0.391 e. The van der Waals surface area contributed by atoms with Gasteiger partial charge in [-0.2, -0.15) is 0 Å². The summed E-state index contributed by atoms with van der Waals surface area (Å²) in [5.74, 6) is -0.164. The van der Waals surface area contributed by atoms with Gasteiger partial charge in [-0.25, -0.2) is 4.57 Å². The summed E-state index contributed by atoms with van der Waals surface area (Å²) in [4.78, 5) is 23.4. The zero-order valence-corrected chi connectivity index (χ0v) is 53.7. The lowest BCUT2D eigenvalue weighted by atomic mass is 10.0. The molecule has 0 aromatic rings. The van der Waals surface area contributed by atoms with Crippen molar-refractivity contribution in [3.63, 3.8) is 0 Å². The number of allylic oxidation sites excluding steroid dienone is 18. The lowest BCUT2D eigenvalue weighted by Gasteiger charge is -2.26. The van der Waals surface area contributed by atoms with E-state index in [1.54, 1.807) is 0 Å². The van der Waals surface area contributed by atoms with Crippen LogP contribution in [-0.4, -0.2) is 73.4 Å². The maximum absolute atomic E-state index is 13.1. The van der Waals surface area contributed by atoms with Crippen LogP contribution in [-0.2, 0) is 18.4 Å². The van der Waals surface area contributed by atoms with Gasteiger partial charge in [-0.15, -0.1) is 0 Å². The minimum absolute atomic E-state index is 0.0653. The first-order chi connectivity index (χ1) is 39.0. The van der Waals surface area contributed by atoms with Gasteiger partial charge in [0.2, 0.25) is 5.91 Å². The van der Waals surface area contributed by atoms with Crippen LogP contribution in [0.2, 0.25) is 0 Å². The van der Waals surface area contributed by atoms with Crippen molar-refractivity contribution in [2.45, 2.75) is 296 Å². The largest absolute Gasteiger partial charge is 0.472 e.